The minimum Gasteiger partial charge on any atom is -0.345 e. The molecule has 0 radical (unpaired) electrons. The maximum absolute atomic E-state index is 12.8. The molecule has 1 unspecified atom stereocenters. The van der Waals surface area contributed by atoms with Crippen molar-refractivity contribution in [3.8, 4) is 5.69 Å². The fourth-order valence-corrected chi connectivity index (χ4v) is 4.24. The zero-order valence-electron chi connectivity index (χ0n) is 14.8. The number of rotatable bonds is 4. The lowest BCUT2D eigenvalue weighted by Crippen LogP contribution is -2.25. The highest BCUT2D eigenvalue weighted by atomic mass is 35.5. The molecule has 0 saturated carbocycles. The number of nitrogens with zero attached hydrogens (tertiary/aromatic N) is 3. The van der Waals surface area contributed by atoms with Gasteiger partial charge in [0.1, 0.15) is 4.83 Å². The van der Waals surface area contributed by atoms with E-state index in [4.69, 9.17) is 11.6 Å². The molecule has 3 aromatic heterocycles. The van der Waals surface area contributed by atoms with Crippen molar-refractivity contribution in [3.05, 3.63) is 76.0 Å². The third kappa shape index (κ3) is 3.34. The van der Waals surface area contributed by atoms with Gasteiger partial charge in [0.2, 0.25) is 0 Å². The van der Waals surface area contributed by atoms with Crippen molar-refractivity contribution in [1.29, 1.82) is 0 Å². The summed E-state index contributed by atoms with van der Waals surface area (Å²) >= 11 is 7.74. The lowest BCUT2D eigenvalue weighted by Gasteiger charge is -2.13. The molecule has 0 spiro atoms. The average Bonchev–Trinajstić information content (AvgIpc) is 3.24. The van der Waals surface area contributed by atoms with E-state index in [1.54, 1.807) is 17.1 Å². The fraction of sp³-hybridized carbons (Fsp3) is 0.150. The smallest absolute Gasteiger partial charge is 0.261 e. The largest absolute Gasteiger partial charge is 0.345 e. The van der Waals surface area contributed by atoms with Crippen LogP contribution in [-0.2, 0) is 0 Å². The van der Waals surface area contributed by atoms with Crippen LogP contribution in [0.2, 0.25) is 5.02 Å². The van der Waals surface area contributed by atoms with Gasteiger partial charge >= 0.3 is 0 Å². The molecule has 27 heavy (non-hydrogen) atoms. The Hall–Kier alpha value is -2.70. The Morgan fingerprint density at radius 1 is 1.22 bits per heavy atom. The van der Waals surface area contributed by atoms with Gasteiger partial charge in [0.05, 0.1) is 27.3 Å². The van der Waals surface area contributed by atoms with Crippen LogP contribution >= 0.6 is 22.9 Å². The van der Waals surface area contributed by atoms with Gasteiger partial charge in [-0.15, -0.1) is 11.3 Å². The molecule has 136 valence electrons. The number of para-hydroxylation sites is 1. The summed E-state index contributed by atoms with van der Waals surface area (Å²) in [6.07, 6.45) is 3.44. The number of carbonyl (C=O) groups excluding carboxylic acids is 1. The fourth-order valence-electron chi connectivity index (χ4n) is 2.95. The Morgan fingerprint density at radius 3 is 2.70 bits per heavy atom. The van der Waals surface area contributed by atoms with Crippen molar-refractivity contribution in [2.75, 3.05) is 0 Å². The predicted molar refractivity (Wildman–Crippen MR) is 109 cm³/mol. The van der Waals surface area contributed by atoms with Crippen LogP contribution in [0.3, 0.4) is 0 Å². The van der Waals surface area contributed by atoms with Crippen molar-refractivity contribution < 1.29 is 4.79 Å². The molecule has 5 nitrogen and oxygen atoms in total. The highest BCUT2D eigenvalue weighted by molar-refractivity contribution is 7.20. The molecule has 0 fully saturated rings. The Kier molecular flexibility index (Phi) is 4.68. The summed E-state index contributed by atoms with van der Waals surface area (Å²) in [5, 5.41) is 9.21. The van der Waals surface area contributed by atoms with Crippen LogP contribution in [0.1, 0.15) is 33.9 Å². The van der Waals surface area contributed by atoms with E-state index in [-0.39, 0.29) is 11.9 Å². The molecule has 4 rings (SSSR count). The topological polar surface area (TPSA) is 59.8 Å². The van der Waals surface area contributed by atoms with E-state index >= 15 is 0 Å². The van der Waals surface area contributed by atoms with Crippen molar-refractivity contribution in [1.82, 2.24) is 20.1 Å². The molecule has 0 aliphatic heterocycles. The number of aromatic nitrogens is 3. The number of benzene rings is 1. The van der Waals surface area contributed by atoms with Crippen LogP contribution in [0, 0.1) is 6.92 Å². The number of pyridine rings is 1. The number of hydrogen-bond acceptors (Lipinski definition) is 4. The molecule has 4 aromatic rings. The lowest BCUT2D eigenvalue weighted by atomic mass is 10.1. The van der Waals surface area contributed by atoms with Gasteiger partial charge < -0.3 is 5.32 Å². The summed E-state index contributed by atoms with van der Waals surface area (Å²) in [6, 6.07) is 13.1. The zero-order chi connectivity index (χ0) is 19.0. The SMILES string of the molecule is Cc1nn(-c2ccccc2Cl)c2sc(C(=O)NC(C)c3ccncc3)cc12. The van der Waals surface area contributed by atoms with Crippen LogP contribution in [0.25, 0.3) is 15.9 Å². The number of hydrogen-bond donors (Lipinski definition) is 1. The molecule has 0 aliphatic carbocycles. The molecule has 1 N–H and O–H groups in total. The Morgan fingerprint density at radius 2 is 1.96 bits per heavy atom. The third-order valence-electron chi connectivity index (χ3n) is 4.40. The van der Waals surface area contributed by atoms with Gasteiger partial charge in [-0.05, 0) is 49.7 Å². The number of nitrogens with one attached hydrogen (secondary N) is 1. The number of aryl methyl sites for hydroxylation is 1. The highest BCUT2D eigenvalue weighted by Crippen LogP contribution is 2.32. The van der Waals surface area contributed by atoms with Gasteiger partial charge in [-0.2, -0.15) is 5.10 Å². The molecular weight excluding hydrogens is 380 g/mol. The van der Waals surface area contributed by atoms with Gasteiger partial charge in [0.25, 0.3) is 5.91 Å². The van der Waals surface area contributed by atoms with E-state index in [9.17, 15) is 4.79 Å². The monoisotopic (exact) mass is 396 g/mol. The second-order valence-corrected chi connectivity index (χ2v) is 7.69. The number of fused-ring (bicyclic) bond motifs is 1. The second-order valence-electron chi connectivity index (χ2n) is 6.25. The molecule has 1 amide bonds. The number of thiophene rings is 1. The number of halogens is 1. The quantitative estimate of drug-likeness (QED) is 0.531. The maximum atomic E-state index is 12.8. The standard InChI is InChI=1S/C20H17ClN4OS/c1-12(14-7-9-22-10-8-14)23-19(26)18-11-15-13(2)24-25(20(15)27-18)17-6-4-3-5-16(17)21/h3-12H,1-2H3,(H,23,26). The first kappa shape index (κ1) is 17.7. The molecule has 1 aromatic carbocycles. The van der Waals surface area contributed by atoms with E-state index in [2.05, 4.69) is 15.4 Å². The van der Waals surface area contributed by atoms with Crippen molar-refractivity contribution in [2.45, 2.75) is 19.9 Å². The molecule has 0 saturated heterocycles. The minimum absolute atomic E-state index is 0.105. The summed E-state index contributed by atoms with van der Waals surface area (Å²) in [5.74, 6) is -0.106. The van der Waals surface area contributed by atoms with Crippen LogP contribution in [0.5, 0.6) is 0 Å². The van der Waals surface area contributed by atoms with Crippen LogP contribution in [0.15, 0.2) is 54.9 Å². The predicted octanol–water partition coefficient (Wildman–Crippen LogP) is 4.93. The maximum Gasteiger partial charge on any atom is 0.261 e. The molecule has 3 heterocycles. The zero-order valence-corrected chi connectivity index (χ0v) is 16.4. The van der Waals surface area contributed by atoms with Crippen LogP contribution < -0.4 is 5.32 Å². The van der Waals surface area contributed by atoms with E-state index in [0.29, 0.717) is 9.90 Å². The molecule has 0 aliphatic rings. The van der Waals surface area contributed by atoms with Crippen molar-refractivity contribution >= 4 is 39.1 Å². The Labute approximate surface area is 165 Å². The van der Waals surface area contributed by atoms with Gasteiger partial charge in [0.15, 0.2) is 0 Å². The number of carbonyl (C=O) groups is 1. The highest BCUT2D eigenvalue weighted by Gasteiger charge is 2.19. The lowest BCUT2D eigenvalue weighted by molar-refractivity contribution is 0.0944. The van der Waals surface area contributed by atoms with E-state index in [1.165, 1.54) is 11.3 Å². The second kappa shape index (κ2) is 7.13. The minimum atomic E-state index is -0.106. The van der Waals surface area contributed by atoms with E-state index in [1.807, 2.05) is 56.3 Å². The number of amides is 1. The van der Waals surface area contributed by atoms with Gasteiger partial charge in [0, 0.05) is 17.8 Å². The molecule has 0 bridgehead atoms. The first-order valence-corrected chi connectivity index (χ1v) is 9.69. The van der Waals surface area contributed by atoms with Crippen molar-refractivity contribution in [2.24, 2.45) is 0 Å². The Balaban J connectivity index is 1.67. The van der Waals surface area contributed by atoms with Gasteiger partial charge in [-0.25, -0.2) is 4.68 Å². The van der Waals surface area contributed by atoms with Crippen molar-refractivity contribution in [3.63, 3.8) is 0 Å². The Bertz CT molecular complexity index is 1120. The van der Waals surface area contributed by atoms with Crippen LogP contribution in [0.4, 0.5) is 0 Å². The van der Waals surface area contributed by atoms with E-state index in [0.717, 1.165) is 27.2 Å². The first-order valence-electron chi connectivity index (χ1n) is 8.49. The summed E-state index contributed by atoms with van der Waals surface area (Å²) < 4.78 is 1.81. The molecule has 7 heteroatoms. The summed E-state index contributed by atoms with van der Waals surface area (Å²) in [5.41, 5.74) is 2.68. The normalized spacial score (nSPS) is 12.3. The van der Waals surface area contributed by atoms with Gasteiger partial charge in [-0.3, -0.25) is 9.78 Å². The summed E-state index contributed by atoms with van der Waals surface area (Å²) in [6.45, 7) is 3.89. The first-order chi connectivity index (χ1) is 13.0. The van der Waals surface area contributed by atoms with Crippen LogP contribution in [-0.4, -0.2) is 20.7 Å². The summed E-state index contributed by atoms with van der Waals surface area (Å²) in [7, 11) is 0. The van der Waals surface area contributed by atoms with Gasteiger partial charge in [-0.1, -0.05) is 23.7 Å². The molecular formula is C20H17ClN4OS. The summed E-state index contributed by atoms with van der Waals surface area (Å²) in [4.78, 5) is 18.3. The third-order valence-corrected chi connectivity index (χ3v) is 5.83. The van der Waals surface area contributed by atoms with E-state index < -0.39 is 0 Å². The molecule has 1 atom stereocenters. The average molecular weight is 397 g/mol.